The number of halogens is 5. The monoisotopic (exact) mass is 611 g/mol. The second-order valence-corrected chi connectivity index (χ2v) is 12.5. The predicted molar refractivity (Wildman–Crippen MR) is 151 cm³/mol. The molecule has 0 spiro atoms. The molecule has 3 fully saturated rings. The summed E-state index contributed by atoms with van der Waals surface area (Å²) in [6, 6.07) is 5.47. The summed E-state index contributed by atoms with van der Waals surface area (Å²) in [4.78, 5) is 40.1. The Morgan fingerprint density at radius 2 is 1.71 bits per heavy atom. The Bertz CT molecular complexity index is 1280. The maximum absolute atomic E-state index is 13.7. The van der Waals surface area contributed by atoms with Gasteiger partial charge in [-0.05, 0) is 50.3 Å². The van der Waals surface area contributed by atoms with Crippen molar-refractivity contribution in [1.29, 1.82) is 0 Å². The van der Waals surface area contributed by atoms with E-state index in [4.69, 9.17) is 23.2 Å². The molecular weight excluding hydrogens is 578 g/mol. The number of carbonyl (C=O) groups is 2. The standard InChI is InChI=1S/C29H34Cl2F3N5O2/c1-3-37(27-35-13-21(14-36-27)29(32,33)34)15-20-16-39(17-22(20)19-4-5-23(30)24(31)12-19)25(40)18-6-10-38(11-7-18)26(41)28(2)8-9-28/h4-5,12-14,18,20,22H,3,6-11,15-17H2,1-2H3/t20-,22?/m0/s1. The van der Waals surface area contributed by atoms with Crippen LogP contribution >= 0.6 is 23.2 Å². The van der Waals surface area contributed by atoms with Crippen LogP contribution in [0.5, 0.6) is 0 Å². The van der Waals surface area contributed by atoms with Gasteiger partial charge in [-0.2, -0.15) is 13.2 Å². The zero-order chi connectivity index (χ0) is 29.5. The van der Waals surface area contributed by atoms with Gasteiger partial charge in [0, 0.05) is 74.8 Å². The van der Waals surface area contributed by atoms with E-state index in [2.05, 4.69) is 9.97 Å². The van der Waals surface area contributed by atoms with Gasteiger partial charge in [0.05, 0.1) is 15.6 Å². The average Bonchev–Trinajstić information content (AvgIpc) is 3.57. The largest absolute Gasteiger partial charge is 0.419 e. The van der Waals surface area contributed by atoms with Gasteiger partial charge in [0.25, 0.3) is 0 Å². The molecule has 2 saturated heterocycles. The Kier molecular flexibility index (Phi) is 8.45. The first-order valence-corrected chi connectivity index (χ1v) is 14.8. The van der Waals surface area contributed by atoms with Gasteiger partial charge in [-0.15, -0.1) is 0 Å². The van der Waals surface area contributed by atoms with Crippen LogP contribution in [0.4, 0.5) is 19.1 Å². The topological polar surface area (TPSA) is 69.6 Å². The molecule has 1 aromatic carbocycles. The first kappa shape index (κ1) is 29.9. The summed E-state index contributed by atoms with van der Waals surface area (Å²) in [5.74, 6) is 0.233. The number of aromatic nitrogens is 2. The predicted octanol–water partition coefficient (Wildman–Crippen LogP) is 5.91. The van der Waals surface area contributed by atoms with Crippen molar-refractivity contribution in [2.24, 2.45) is 17.3 Å². The molecule has 1 aliphatic carbocycles. The number of alkyl halides is 3. The van der Waals surface area contributed by atoms with Crippen LogP contribution in [0.1, 0.15) is 56.6 Å². The Morgan fingerprint density at radius 1 is 1.05 bits per heavy atom. The summed E-state index contributed by atoms with van der Waals surface area (Å²) in [7, 11) is 0. The maximum atomic E-state index is 13.7. The van der Waals surface area contributed by atoms with Crippen LogP contribution in [0, 0.1) is 17.3 Å². The number of carbonyl (C=O) groups excluding carboxylic acids is 2. The van der Waals surface area contributed by atoms with Crippen LogP contribution < -0.4 is 4.90 Å². The Hall–Kier alpha value is -2.59. The molecule has 2 amide bonds. The molecule has 1 unspecified atom stereocenters. The molecule has 7 nitrogen and oxygen atoms in total. The molecule has 5 rings (SSSR count). The lowest BCUT2D eigenvalue weighted by Crippen LogP contribution is -2.46. The summed E-state index contributed by atoms with van der Waals surface area (Å²) in [5.41, 5.74) is -0.168. The molecule has 3 heterocycles. The van der Waals surface area contributed by atoms with Crippen LogP contribution in [0.3, 0.4) is 0 Å². The van der Waals surface area contributed by atoms with Gasteiger partial charge in [-0.25, -0.2) is 9.97 Å². The molecule has 2 aromatic rings. The second kappa shape index (κ2) is 11.6. The number of nitrogens with zero attached hydrogens (tertiary/aromatic N) is 5. The van der Waals surface area contributed by atoms with Crippen molar-refractivity contribution in [3.05, 3.63) is 51.8 Å². The molecule has 12 heteroatoms. The fourth-order valence-electron chi connectivity index (χ4n) is 5.99. The number of piperidine rings is 1. The highest BCUT2D eigenvalue weighted by Gasteiger charge is 2.48. The van der Waals surface area contributed by atoms with Gasteiger partial charge in [-0.3, -0.25) is 9.59 Å². The third-order valence-electron chi connectivity index (χ3n) is 8.86. The lowest BCUT2D eigenvalue weighted by Gasteiger charge is -2.34. The zero-order valence-electron chi connectivity index (χ0n) is 23.1. The zero-order valence-corrected chi connectivity index (χ0v) is 24.6. The number of hydrogen-bond donors (Lipinski definition) is 0. The molecule has 1 saturated carbocycles. The average molecular weight is 613 g/mol. The minimum absolute atomic E-state index is 0.0430. The van der Waals surface area contributed by atoms with E-state index in [1.165, 1.54) is 0 Å². The number of anilines is 1. The summed E-state index contributed by atoms with van der Waals surface area (Å²) in [6.45, 7) is 6.99. The normalized spacial score (nSPS) is 22.6. The SMILES string of the molecule is CCN(C[C@H]1CN(C(=O)C2CCN(C(=O)C3(C)CC3)CC2)CC1c1ccc(Cl)c(Cl)c1)c1ncc(C(F)(F)F)cn1. The Morgan fingerprint density at radius 3 is 2.27 bits per heavy atom. The first-order chi connectivity index (χ1) is 19.4. The van der Waals surface area contributed by atoms with Gasteiger partial charge in [0.1, 0.15) is 0 Å². The number of hydrogen-bond acceptors (Lipinski definition) is 5. The van der Waals surface area contributed by atoms with Crippen LogP contribution in [-0.2, 0) is 15.8 Å². The molecule has 0 radical (unpaired) electrons. The molecule has 3 aliphatic rings. The third kappa shape index (κ3) is 6.43. The lowest BCUT2D eigenvalue weighted by atomic mass is 9.88. The van der Waals surface area contributed by atoms with Crippen LogP contribution in [0.2, 0.25) is 10.0 Å². The van der Waals surface area contributed by atoms with Crippen LogP contribution in [0.25, 0.3) is 0 Å². The molecule has 2 atom stereocenters. The van der Waals surface area contributed by atoms with Gasteiger partial charge in [0.15, 0.2) is 0 Å². The van der Waals surface area contributed by atoms with E-state index in [0.29, 0.717) is 62.2 Å². The van der Waals surface area contributed by atoms with E-state index < -0.39 is 11.7 Å². The van der Waals surface area contributed by atoms with Crippen LogP contribution in [0.15, 0.2) is 30.6 Å². The maximum Gasteiger partial charge on any atom is 0.419 e. The highest BCUT2D eigenvalue weighted by molar-refractivity contribution is 6.42. The van der Waals surface area contributed by atoms with Gasteiger partial charge in [0.2, 0.25) is 17.8 Å². The van der Waals surface area contributed by atoms with Crippen molar-refractivity contribution < 1.29 is 22.8 Å². The first-order valence-electron chi connectivity index (χ1n) is 14.1. The van der Waals surface area contributed by atoms with E-state index in [-0.39, 0.29) is 40.9 Å². The molecule has 0 bridgehead atoms. The third-order valence-corrected chi connectivity index (χ3v) is 9.60. The van der Waals surface area contributed by atoms with Gasteiger partial charge >= 0.3 is 6.18 Å². The van der Waals surface area contributed by atoms with Crippen molar-refractivity contribution >= 4 is 41.0 Å². The minimum atomic E-state index is -4.51. The Labute approximate surface area is 248 Å². The van der Waals surface area contributed by atoms with Gasteiger partial charge in [-0.1, -0.05) is 36.2 Å². The smallest absolute Gasteiger partial charge is 0.342 e. The molecule has 0 N–H and O–H groups in total. The molecule has 222 valence electrons. The number of likely N-dealkylation sites (tertiary alicyclic amines) is 2. The van der Waals surface area contributed by atoms with Crippen molar-refractivity contribution in [3.63, 3.8) is 0 Å². The van der Waals surface area contributed by atoms with Crippen molar-refractivity contribution in [3.8, 4) is 0 Å². The molecule has 41 heavy (non-hydrogen) atoms. The number of rotatable bonds is 7. The van der Waals surface area contributed by atoms with E-state index in [1.807, 2.05) is 40.7 Å². The highest BCUT2D eigenvalue weighted by atomic mass is 35.5. The summed E-state index contributed by atoms with van der Waals surface area (Å²) in [5, 5.41) is 0.861. The van der Waals surface area contributed by atoms with E-state index in [0.717, 1.165) is 30.8 Å². The van der Waals surface area contributed by atoms with Gasteiger partial charge < -0.3 is 14.7 Å². The van der Waals surface area contributed by atoms with Crippen molar-refractivity contribution in [2.75, 3.05) is 44.2 Å². The fourth-order valence-corrected chi connectivity index (χ4v) is 6.30. The van der Waals surface area contributed by atoms with E-state index in [1.54, 1.807) is 6.07 Å². The van der Waals surface area contributed by atoms with Crippen molar-refractivity contribution in [2.45, 2.75) is 51.6 Å². The fraction of sp³-hybridized carbons (Fsp3) is 0.586. The summed E-state index contributed by atoms with van der Waals surface area (Å²) in [6.07, 6.45) is 0.226. The molecular formula is C29H34Cl2F3N5O2. The summed E-state index contributed by atoms with van der Waals surface area (Å²) >= 11 is 12.5. The van der Waals surface area contributed by atoms with Crippen LogP contribution in [-0.4, -0.2) is 70.9 Å². The molecule has 1 aromatic heterocycles. The number of amides is 2. The Balaban J connectivity index is 1.31. The quantitative estimate of drug-likeness (QED) is 0.389. The minimum Gasteiger partial charge on any atom is -0.342 e. The van der Waals surface area contributed by atoms with Crippen molar-refractivity contribution in [1.82, 2.24) is 19.8 Å². The van der Waals surface area contributed by atoms with E-state index in [9.17, 15) is 22.8 Å². The number of benzene rings is 1. The van der Waals surface area contributed by atoms with E-state index >= 15 is 0 Å². The summed E-state index contributed by atoms with van der Waals surface area (Å²) < 4.78 is 39.1. The molecule has 2 aliphatic heterocycles. The lowest BCUT2D eigenvalue weighted by molar-refractivity contribution is -0.142. The highest BCUT2D eigenvalue weighted by Crippen LogP contribution is 2.47. The second-order valence-electron chi connectivity index (χ2n) is 11.7.